The molecule has 1 amide bonds. The molecule has 3 rings (SSSR count). The highest BCUT2D eigenvalue weighted by Crippen LogP contribution is 2.29. The SMILES string of the molecule is CS(=O)(=O)C1(C(=O)NCc2nc3cc(Cl)ccc3s2)CCNCC1. The molecule has 0 atom stereocenters. The summed E-state index contributed by atoms with van der Waals surface area (Å²) in [6.45, 7) is 1.24. The minimum absolute atomic E-state index is 0.209. The van der Waals surface area contributed by atoms with Crippen LogP contribution in [-0.2, 0) is 21.2 Å². The summed E-state index contributed by atoms with van der Waals surface area (Å²) in [6, 6.07) is 5.44. The second-order valence-electron chi connectivity index (χ2n) is 5.92. The van der Waals surface area contributed by atoms with Crippen molar-refractivity contribution in [2.24, 2.45) is 0 Å². The van der Waals surface area contributed by atoms with Crippen LogP contribution in [0, 0.1) is 0 Å². The number of nitrogens with one attached hydrogen (secondary N) is 2. The highest BCUT2D eigenvalue weighted by molar-refractivity contribution is 7.92. The second kappa shape index (κ2) is 6.59. The van der Waals surface area contributed by atoms with Crippen molar-refractivity contribution in [1.82, 2.24) is 15.6 Å². The number of hydrogen-bond donors (Lipinski definition) is 2. The number of piperidine rings is 1. The summed E-state index contributed by atoms with van der Waals surface area (Å²) in [6.07, 6.45) is 1.71. The Morgan fingerprint density at radius 2 is 2.12 bits per heavy atom. The molecular formula is C15H18ClN3O3S2. The molecule has 2 heterocycles. The molecule has 1 aliphatic heterocycles. The van der Waals surface area contributed by atoms with Gasteiger partial charge in [-0.3, -0.25) is 4.79 Å². The van der Waals surface area contributed by atoms with E-state index in [0.717, 1.165) is 21.5 Å². The van der Waals surface area contributed by atoms with Crippen molar-refractivity contribution in [2.75, 3.05) is 19.3 Å². The van der Waals surface area contributed by atoms with Crippen LogP contribution < -0.4 is 10.6 Å². The number of benzene rings is 1. The predicted octanol–water partition coefficient (Wildman–Crippen LogP) is 1.73. The summed E-state index contributed by atoms with van der Waals surface area (Å²) in [5.41, 5.74) is 0.774. The summed E-state index contributed by atoms with van der Waals surface area (Å²) in [5, 5.41) is 7.18. The van der Waals surface area contributed by atoms with Crippen molar-refractivity contribution in [3.8, 4) is 0 Å². The largest absolute Gasteiger partial charge is 0.348 e. The normalized spacial score (nSPS) is 17.8. The fraction of sp³-hybridized carbons (Fsp3) is 0.467. The molecule has 2 N–H and O–H groups in total. The molecule has 1 aromatic heterocycles. The van der Waals surface area contributed by atoms with E-state index in [9.17, 15) is 13.2 Å². The molecule has 0 unspecified atom stereocenters. The van der Waals surface area contributed by atoms with Crippen molar-refractivity contribution in [3.63, 3.8) is 0 Å². The van der Waals surface area contributed by atoms with Crippen LogP contribution in [0.3, 0.4) is 0 Å². The standard InChI is InChI=1S/C15H18ClN3O3S2/c1-24(21,22)15(4-6-17-7-5-15)14(20)18-9-13-19-11-8-10(16)2-3-12(11)23-13/h2-3,8,17H,4-7,9H2,1H3,(H,18,20). The number of sulfone groups is 1. The van der Waals surface area contributed by atoms with Gasteiger partial charge in [0.05, 0.1) is 16.8 Å². The molecule has 24 heavy (non-hydrogen) atoms. The molecule has 6 nitrogen and oxygen atoms in total. The summed E-state index contributed by atoms with van der Waals surface area (Å²) in [4.78, 5) is 17.1. The Hall–Kier alpha value is -1.22. The van der Waals surface area contributed by atoms with Gasteiger partial charge in [-0.05, 0) is 44.1 Å². The first-order chi connectivity index (χ1) is 11.3. The Morgan fingerprint density at radius 3 is 2.79 bits per heavy atom. The summed E-state index contributed by atoms with van der Waals surface area (Å²) >= 11 is 7.40. The highest BCUT2D eigenvalue weighted by atomic mass is 35.5. The van der Waals surface area contributed by atoms with Crippen molar-refractivity contribution in [2.45, 2.75) is 24.1 Å². The number of carbonyl (C=O) groups excluding carboxylic acids is 1. The Kier molecular flexibility index (Phi) is 4.83. The Balaban J connectivity index is 1.77. The number of nitrogens with zero attached hydrogens (tertiary/aromatic N) is 1. The fourth-order valence-electron chi connectivity index (χ4n) is 2.94. The van der Waals surface area contributed by atoms with Crippen LogP contribution in [-0.4, -0.2) is 43.4 Å². The molecule has 130 valence electrons. The fourth-order valence-corrected chi connectivity index (χ4v) is 5.35. The van der Waals surface area contributed by atoms with Gasteiger partial charge in [0.15, 0.2) is 14.6 Å². The molecule has 2 aromatic rings. The maximum absolute atomic E-state index is 12.6. The predicted molar refractivity (Wildman–Crippen MR) is 96.2 cm³/mol. The summed E-state index contributed by atoms with van der Waals surface area (Å²) in [5.74, 6) is -0.441. The number of hydrogen-bond acceptors (Lipinski definition) is 6. The number of rotatable bonds is 4. The maximum atomic E-state index is 12.6. The van der Waals surface area contributed by atoms with Crippen LogP contribution in [0.5, 0.6) is 0 Å². The Morgan fingerprint density at radius 1 is 1.42 bits per heavy atom. The molecular weight excluding hydrogens is 370 g/mol. The van der Waals surface area contributed by atoms with Crippen LogP contribution in [0.4, 0.5) is 0 Å². The number of thiazole rings is 1. The van der Waals surface area contributed by atoms with Crippen LogP contribution in [0.2, 0.25) is 5.02 Å². The lowest BCUT2D eigenvalue weighted by Gasteiger charge is -2.34. The van der Waals surface area contributed by atoms with Gasteiger partial charge in [-0.15, -0.1) is 11.3 Å². The molecule has 1 aromatic carbocycles. The van der Waals surface area contributed by atoms with Crippen molar-refractivity contribution in [3.05, 3.63) is 28.2 Å². The quantitative estimate of drug-likeness (QED) is 0.834. The van der Waals surface area contributed by atoms with Gasteiger partial charge < -0.3 is 10.6 Å². The van der Waals surface area contributed by atoms with Gasteiger partial charge in [-0.1, -0.05) is 11.6 Å². The van der Waals surface area contributed by atoms with Gasteiger partial charge in [0.2, 0.25) is 5.91 Å². The van der Waals surface area contributed by atoms with Gasteiger partial charge in [0.25, 0.3) is 0 Å². The van der Waals surface area contributed by atoms with Crippen LogP contribution in [0.15, 0.2) is 18.2 Å². The zero-order valence-electron chi connectivity index (χ0n) is 13.1. The number of carbonyl (C=O) groups is 1. The van der Waals surface area contributed by atoms with Gasteiger partial charge in [-0.2, -0.15) is 0 Å². The van der Waals surface area contributed by atoms with Crippen molar-refractivity contribution < 1.29 is 13.2 Å². The molecule has 1 aliphatic rings. The minimum Gasteiger partial charge on any atom is -0.348 e. The smallest absolute Gasteiger partial charge is 0.241 e. The first-order valence-corrected chi connectivity index (χ1v) is 10.6. The van der Waals surface area contributed by atoms with E-state index in [2.05, 4.69) is 15.6 Å². The van der Waals surface area contributed by atoms with Gasteiger partial charge in [0, 0.05) is 11.3 Å². The van der Waals surface area contributed by atoms with E-state index in [4.69, 9.17) is 11.6 Å². The number of fused-ring (bicyclic) bond motifs is 1. The zero-order valence-corrected chi connectivity index (χ0v) is 15.5. The third-order valence-electron chi connectivity index (χ3n) is 4.33. The van der Waals surface area contributed by atoms with E-state index in [1.165, 1.54) is 11.3 Å². The van der Waals surface area contributed by atoms with E-state index in [1.807, 2.05) is 6.07 Å². The summed E-state index contributed by atoms with van der Waals surface area (Å²) in [7, 11) is -3.51. The molecule has 1 saturated heterocycles. The van der Waals surface area contributed by atoms with Crippen molar-refractivity contribution in [1.29, 1.82) is 0 Å². The first kappa shape index (κ1) is 17.6. The van der Waals surface area contributed by atoms with E-state index in [1.54, 1.807) is 12.1 Å². The van der Waals surface area contributed by atoms with Crippen LogP contribution >= 0.6 is 22.9 Å². The zero-order chi connectivity index (χ0) is 17.4. The lowest BCUT2D eigenvalue weighted by Crippen LogP contribution is -2.57. The van der Waals surface area contributed by atoms with E-state index in [-0.39, 0.29) is 19.4 Å². The number of amides is 1. The number of aromatic nitrogens is 1. The van der Waals surface area contributed by atoms with Gasteiger partial charge >= 0.3 is 0 Å². The third-order valence-corrected chi connectivity index (χ3v) is 7.61. The van der Waals surface area contributed by atoms with Gasteiger partial charge in [-0.25, -0.2) is 13.4 Å². The summed E-state index contributed by atoms with van der Waals surface area (Å²) < 4.78 is 24.1. The minimum atomic E-state index is -3.51. The molecule has 0 saturated carbocycles. The van der Waals surface area contributed by atoms with Crippen LogP contribution in [0.1, 0.15) is 17.8 Å². The molecule has 1 fully saturated rings. The topological polar surface area (TPSA) is 88.2 Å². The average Bonchev–Trinajstić information content (AvgIpc) is 2.94. The molecule has 0 aliphatic carbocycles. The third kappa shape index (κ3) is 3.28. The first-order valence-electron chi connectivity index (χ1n) is 7.55. The van der Waals surface area contributed by atoms with Crippen LogP contribution in [0.25, 0.3) is 10.2 Å². The second-order valence-corrected chi connectivity index (χ2v) is 9.80. The van der Waals surface area contributed by atoms with Crippen molar-refractivity contribution >= 4 is 48.9 Å². The maximum Gasteiger partial charge on any atom is 0.241 e. The van der Waals surface area contributed by atoms with E-state index in [0.29, 0.717) is 18.1 Å². The number of halogens is 1. The molecule has 0 spiro atoms. The lowest BCUT2D eigenvalue weighted by atomic mass is 9.96. The molecule has 9 heteroatoms. The lowest BCUT2D eigenvalue weighted by molar-refractivity contribution is -0.124. The molecule has 0 radical (unpaired) electrons. The average molecular weight is 388 g/mol. The Labute approximate surface area is 149 Å². The molecule has 0 bridgehead atoms. The Bertz CT molecular complexity index is 873. The highest BCUT2D eigenvalue weighted by Gasteiger charge is 2.48. The van der Waals surface area contributed by atoms with E-state index < -0.39 is 20.5 Å². The van der Waals surface area contributed by atoms with Gasteiger partial charge in [0.1, 0.15) is 5.01 Å². The monoisotopic (exact) mass is 387 g/mol. The van der Waals surface area contributed by atoms with E-state index >= 15 is 0 Å².